The minimum atomic E-state index is -0.822. The highest BCUT2D eigenvalue weighted by molar-refractivity contribution is 5.96. The molecule has 1 fully saturated rings. The number of benzene rings is 3. The average Bonchev–Trinajstić information content (AvgIpc) is 3.02. The van der Waals surface area contributed by atoms with Gasteiger partial charge < -0.3 is 23.7 Å². The predicted octanol–water partition coefficient (Wildman–Crippen LogP) is 8.53. The highest BCUT2D eigenvalue weighted by Gasteiger charge is 2.33. The molecule has 0 N–H and O–H groups in total. The van der Waals surface area contributed by atoms with Crippen molar-refractivity contribution in [2.75, 3.05) is 13.2 Å². The fourth-order valence-electron chi connectivity index (χ4n) is 5.50. The van der Waals surface area contributed by atoms with Crippen LogP contribution in [0.15, 0.2) is 79.9 Å². The van der Waals surface area contributed by atoms with Gasteiger partial charge in [-0.3, -0.25) is 0 Å². The molecule has 3 atom stereocenters. The van der Waals surface area contributed by atoms with Crippen LogP contribution in [0, 0.1) is 17.8 Å². The van der Waals surface area contributed by atoms with Crippen molar-refractivity contribution >= 4 is 34.6 Å². The minimum Gasteiger partial charge on any atom is -0.463 e. The van der Waals surface area contributed by atoms with Crippen molar-refractivity contribution in [3.05, 3.63) is 91.0 Å². The molecule has 0 heterocycles. The van der Waals surface area contributed by atoms with Crippen LogP contribution < -0.4 is 9.47 Å². The number of hydrogen-bond acceptors (Lipinski definition) is 8. The second-order valence-corrected chi connectivity index (χ2v) is 11.8. The molecule has 4 rings (SSSR count). The van der Waals surface area contributed by atoms with E-state index >= 15 is 0 Å². The summed E-state index contributed by atoms with van der Waals surface area (Å²) in [5.74, 6) is 1.99. The van der Waals surface area contributed by atoms with E-state index in [0.29, 0.717) is 59.0 Å². The Morgan fingerprint density at radius 3 is 2.20 bits per heavy atom. The van der Waals surface area contributed by atoms with E-state index in [4.69, 9.17) is 23.7 Å². The lowest BCUT2D eigenvalue weighted by Gasteiger charge is -2.36. The average molecular weight is 615 g/mol. The first-order valence-electron chi connectivity index (χ1n) is 15.5. The molecule has 0 bridgehead atoms. The van der Waals surface area contributed by atoms with Crippen molar-refractivity contribution in [3.8, 4) is 11.5 Å². The summed E-state index contributed by atoms with van der Waals surface area (Å²) in [5, 5.41) is 1.83. The lowest BCUT2D eigenvalue weighted by molar-refractivity contribution is -0.137. The summed E-state index contributed by atoms with van der Waals surface area (Å²) in [6.45, 7) is 14.4. The first-order valence-corrected chi connectivity index (χ1v) is 15.5. The minimum absolute atomic E-state index is 0.0496. The second kappa shape index (κ2) is 15.9. The number of carbonyl (C=O) groups is 3. The molecule has 0 saturated heterocycles. The quantitative estimate of drug-likeness (QED) is 0.0472. The Hall–Kier alpha value is -4.59. The van der Waals surface area contributed by atoms with Gasteiger partial charge in [-0.25, -0.2) is 14.4 Å². The van der Waals surface area contributed by atoms with E-state index in [9.17, 15) is 14.4 Å². The van der Waals surface area contributed by atoms with Gasteiger partial charge in [0.25, 0.3) is 0 Å². The van der Waals surface area contributed by atoms with Crippen LogP contribution in [0.5, 0.6) is 11.5 Å². The van der Waals surface area contributed by atoms with E-state index in [2.05, 4.69) is 33.9 Å². The Labute approximate surface area is 265 Å². The lowest BCUT2D eigenvalue weighted by atomic mass is 9.75. The maximum atomic E-state index is 13.1. The van der Waals surface area contributed by atoms with Gasteiger partial charge in [-0.05, 0) is 103 Å². The second-order valence-electron chi connectivity index (χ2n) is 11.8. The Morgan fingerprint density at radius 2 is 1.49 bits per heavy atom. The van der Waals surface area contributed by atoms with Gasteiger partial charge in [0.15, 0.2) is 0 Å². The van der Waals surface area contributed by atoms with Crippen LogP contribution in [0.1, 0.15) is 68.8 Å². The maximum Gasteiger partial charge on any atom is 0.513 e. The molecule has 3 unspecified atom stereocenters. The standard InChI is InChI=1S/C37H42O8/c1-6-35(38)41-19-7-8-20-42-37(40)44-31-15-12-27(13-16-31)26(5)43-32-17-14-28-22-30(11-10-29(28)23-32)36(39)45-34-21-25(4)9-18-33(34)24(2)3/h6,10-17,22-25,33-34H,1,5,7-9,18-21H2,2-4H3. The third-order valence-corrected chi connectivity index (χ3v) is 8.06. The van der Waals surface area contributed by atoms with Gasteiger partial charge in [0.2, 0.25) is 0 Å². The summed E-state index contributed by atoms with van der Waals surface area (Å²) >= 11 is 0. The molecule has 3 aromatic carbocycles. The van der Waals surface area contributed by atoms with Gasteiger partial charge in [0, 0.05) is 11.6 Å². The molecule has 1 aliphatic carbocycles. The lowest BCUT2D eigenvalue weighted by Crippen LogP contribution is -2.35. The molecule has 0 radical (unpaired) electrons. The molecule has 0 aliphatic heterocycles. The fourth-order valence-corrected chi connectivity index (χ4v) is 5.50. The highest BCUT2D eigenvalue weighted by atomic mass is 16.7. The third-order valence-electron chi connectivity index (χ3n) is 8.06. The number of hydrogen-bond donors (Lipinski definition) is 0. The number of carbonyl (C=O) groups excluding carboxylic acids is 3. The van der Waals surface area contributed by atoms with Crippen molar-refractivity contribution in [3.63, 3.8) is 0 Å². The van der Waals surface area contributed by atoms with Crippen molar-refractivity contribution < 1.29 is 38.1 Å². The first-order chi connectivity index (χ1) is 21.6. The van der Waals surface area contributed by atoms with Gasteiger partial charge in [0.05, 0.1) is 18.8 Å². The zero-order valence-corrected chi connectivity index (χ0v) is 26.3. The van der Waals surface area contributed by atoms with Crippen LogP contribution in [0.2, 0.25) is 0 Å². The topological polar surface area (TPSA) is 97.4 Å². The van der Waals surface area contributed by atoms with Gasteiger partial charge in [-0.1, -0.05) is 52.5 Å². The van der Waals surface area contributed by atoms with Crippen molar-refractivity contribution in [2.24, 2.45) is 17.8 Å². The van der Waals surface area contributed by atoms with E-state index in [1.807, 2.05) is 30.3 Å². The smallest absolute Gasteiger partial charge is 0.463 e. The predicted molar refractivity (Wildman–Crippen MR) is 173 cm³/mol. The Balaban J connectivity index is 1.27. The van der Waals surface area contributed by atoms with Crippen LogP contribution >= 0.6 is 0 Å². The summed E-state index contributed by atoms with van der Waals surface area (Å²) in [7, 11) is 0. The zero-order valence-electron chi connectivity index (χ0n) is 26.3. The molecule has 8 heteroatoms. The number of fused-ring (bicyclic) bond motifs is 1. The van der Waals surface area contributed by atoms with Gasteiger partial charge >= 0.3 is 18.1 Å². The molecule has 0 spiro atoms. The molecular weight excluding hydrogens is 572 g/mol. The zero-order chi connectivity index (χ0) is 32.3. The Bertz CT molecular complexity index is 1510. The molecule has 0 aromatic heterocycles. The molecule has 1 saturated carbocycles. The van der Waals surface area contributed by atoms with Crippen LogP contribution in [-0.4, -0.2) is 37.4 Å². The van der Waals surface area contributed by atoms with Crippen LogP contribution in [0.4, 0.5) is 4.79 Å². The summed E-state index contributed by atoms with van der Waals surface area (Å²) in [6.07, 6.45) is 4.49. The van der Waals surface area contributed by atoms with Crippen molar-refractivity contribution in [1.82, 2.24) is 0 Å². The van der Waals surface area contributed by atoms with E-state index in [1.54, 1.807) is 30.3 Å². The Morgan fingerprint density at radius 1 is 0.844 bits per heavy atom. The van der Waals surface area contributed by atoms with Gasteiger partial charge in [0.1, 0.15) is 23.4 Å². The molecule has 3 aromatic rings. The van der Waals surface area contributed by atoms with Gasteiger partial charge in [-0.15, -0.1) is 0 Å². The molecule has 45 heavy (non-hydrogen) atoms. The SMILES string of the molecule is C=CC(=O)OCCCCOC(=O)Oc1ccc(C(=C)Oc2ccc3cc(C(=O)OC4CC(C)CCC4C(C)C)ccc3c2)cc1. The summed E-state index contributed by atoms with van der Waals surface area (Å²) < 4.78 is 27.2. The van der Waals surface area contributed by atoms with E-state index in [-0.39, 0.29) is 25.3 Å². The van der Waals surface area contributed by atoms with E-state index < -0.39 is 12.1 Å². The number of esters is 2. The number of rotatable bonds is 13. The van der Waals surface area contributed by atoms with Gasteiger partial charge in [-0.2, -0.15) is 0 Å². The largest absolute Gasteiger partial charge is 0.513 e. The molecule has 238 valence electrons. The molecule has 0 amide bonds. The monoisotopic (exact) mass is 614 g/mol. The van der Waals surface area contributed by atoms with Crippen molar-refractivity contribution in [1.29, 1.82) is 0 Å². The first kappa shape index (κ1) is 33.3. The highest BCUT2D eigenvalue weighted by Crippen LogP contribution is 2.36. The van der Waals surface area contributed by atoms with E-state index in [0.717, 1.165) is 29.7 Å². The summed E-state index contributed by atoms with van der Waals surface area (Å²) in [6, 6.07) is 17.9. The van der Waals surface area contributed by atoms with Crippen LogP contribution in [-0.2, 0) is 19.0 Å². The third kappa shape index (κ3) is 9.70. The van der Waals surface area contributed by atoms with E-state index in [1.165, 1.54) is 6.42 Å². The number of unbranched alkanes of at least 4 members (excludes halogenated alkanes) is 1. The maximum absolute atomic E-state index is 13.1. The Kier molecular flexibility index (Phi) is 11.8. The van der Waals surface area contributed by atoms with Crippen LogP contribution in [0.25, 0.3) is 16.5 Å². The van der Waals surface area contributed by atoms with Crippen molar-refractivity contribution in [2.45, 2.75) is 59.0 Å². The molecule has 1 aliphatic rings. The molecular formula is C37H42O8. The molecule has 8 nitrogen and oxygen atoms in total. The summed E-state index contributed by atoms with van der Waals surface area (Å²) in [5.41, 5.74) is 1.25. The fraction of sp³-hybridized carbons (Fsp3) is 0.378. The summed E-state index contributed by atoms with van der Waals surface area (Å²) in [4.78, 5) is 36.0. The number of ether oxygens (including phenoxy) is 5. The normalized spacial score (nSPS) is 17.7. The van der Waals surface area contributed by atoms with Crippen LogP contribution in [0.3, 0.4) is 0 Å².